The monoisotopic (exact) mass is 229 g/mol. The van der Waals surface area contributed by atoms with Crippen LogP contribution in [0.5, 0.6) is 0 Å². The third-order valence-electron chi connectivity index (χ3n) is 3.12. The van der Waals surface area contributed by atoms with Crippen LogP contribution in [0, 0.1) is 11.3 Å². The van der Waals surface area contributed by atoms with Crippen molar-refractivity contribution in [2.24, 2.45) is 0 Å². The minimum absolute atomic E-state index is 0.312. The van der Waals surface area contributed by atoms with Crippen LogP contribution in [0.4, 0.5) is 0 Å². The minimum atomic E-state index is 0.312. The van der Waals surface area contributed by atoms with Crippen LogP contribution in [-0.2, 0) is 6.54 Å². The fraction of sp³-hybridized carbons (Fsp3) is 0.500. The molecule has 1 saturated heterocycles. The minimum Gasteiger partial charge on any atom is -0.308 e. The van der Waals surface area contributed by atoms with E-state index >= 15 is 0 Å². The zero-order valence-corrected chi connectivity index (χ0v) is 10.3. The molecular weight excluding hydrogens is 210 g/mol. The highest BCUT2D eigenvalue weighted by Crippen LogP contribution is 2.11. The fourth-order valence-corrected chi connectivity index (χ4v) is 2.49. The van der Waals surface area contributed by atoms with E-state index in [1.54, 1.807) is 0 Å². The number of hydrogen-bond acceptors (Lipinski definition) is 3. The molecule has 1 heterocycles. The van der Waals surface area contributed by atoms with E-state index < -0.39 is 0 Å². The lowest BCUT2D eigenvalue weighted by Gasteiger charge is -2.36. The average Bonchev–Trinajstić information content (AvgIpc) is 2.30. The Morgan fingerprint density at radius 1 is 1.35 bits per heavy atom. The van der Waals surface area contributed by atoms with Crippen molar-refractivity contribution in [1.82, 2.24) is 10.2 Å². The van der Waals surface area contributed by atoms with Gasteiger partial charge in [0.25, 0.3) is 0 Å². The molecule has 17 heavy (non-hydrogen) atoms. The molecule has 2 atom stereocenters. The molecule has 0 spiro atoms. The molecule has 2 unspecified atom stereocenters. The van der Waals surface area contributed by atoms with Gasteiger partial charge in [-0.25, -0.2) is 0 Å². The van der Waals surface area contributed by atoms with Crippen molar-refractivity contribution in [2.45, 2.75) is 32.0 Å². The van der Waals surface area contributed by atoms with Gasteiger partial charge in [-0.3, -0.25) is 4.90 Å². The number of rotatable bonds is 3. The third kappa shape index (κ3) is 3.55. The summed E-state index contributed by atoms with van der Waals surface area (Å²) in [6.45, 7) is 5.18. The average molecular weight is 229 g/mol. The molecule has 0 amide bonds. The summed E-state index contributed by atoms with van der Waals surface area (Å²) >= 11 is 0. The van der Waals surface area contributed by atoms with Gasteiger partial charge in [-0.15, -0.1) is 0 Å². The van der Waals surface area contributed by atoms with Crippen LogP contribution in [0.1, 0.15) is 18.9 Å². The number of piperazine rings is 1. The van der Waals surface area contributed by atoms with Gasteiger partial charge in [0.1, 0.15) is 0 Å². The van der Waals surface area contributed by atoms with Crippen LogP contribution in [0.3, 0.4) is 0 Å². The topological polar surface area (TPSA) is 39.1 Å². The van der Waals surface area contributed by atoms with Gasteiger partial charge in [0.2, 0.25) is 0 Å². The lowest BCUT2D eigenvalue weighted by atomic mass is 10.1. The molecule has 1 N–H and O–H groups in total. The standard InChI is InChI=1S/C14H19N3/c1-12-9-17(11-14(16-12)7-8-15)10-13-5-3-2-4-6-13/h2-6,12,14,16H,7,9-11H2,1H3. The number of nitriles is 1. The van der Waals surface area contributed by atoms with Gasteiger partial charge in [0, 0.05) is 31.7 Å². The van der Waals surface area contributed by atoms with E-state index in [9.17, 15) is 0 Å². The molecule has 1 aliphatic heterocycles. The normalized spacial score (nSPS) is 25.4. The molecule has 90 valence electrons. The Hall–Kier alpha value is -1.37. The number of hydrogen-bond donors (Lipinski definition) is 1. The van der Waals surface area contributed by atoms with Gasteiger partial charge in [-0.05, 0) is 12.5 Å². The molecule has 3 heteroatoms. The summed E-state index contributed by atoms with van der Waals surface area (Å²) in [6, 6.07) is 13.5. The van der Waals surface area contributed by atoms with Crippen LogP contribution in [0.15, 0.2) is 30.3 Å². The first-order valence-corrected chi connectivity index (χ1v) is 6.17. The van der Waals surface area contributed by atoms with Crippen molar-refractivity contribution in [3.05, 3.63) is 35.9 Å². The van der Waals surface area contributed by atoms with Crippen molar-refractivity contribution in [1.29, 1.82) is 5.26 Å². The Balaban J connectivity index is 1.94. The van der Waals surface area contributed by atoms with Crippen molar-refractivity contribution in [3.8, 4) is 6.07 Å². The van der Waals surface area contributed by atoms with Gasteiger partial charge in [0.05, 0.1) is 12.5 Å². The molecule has 0 bridgehead atoms. The second-order valence-corrected chi connectivity index (χ2v) is 4.81. The Kier molecular flexibility index (Phi) is 4.13. The van der Waals surface area contributed by atoms with Crippen molar-refractivity contribution >= 4 is 0 Å². The molecular formula is C14H19N3. The first kappa shape index (κ1) is 12.1. The fourth-order valence-electron chi connectivity index (χ4n) is 2.49. The first-order chi connectivity index (χ1) is 8.28. The van der Waals surface area contributed by atoms with E-state index in [0.29, 0.717) is 18.5 Å². The molecule has 0 aromatic heterocycles. The summed E-state index contributed by atoms with van der Waals surface area (Å²) < 4.78 is 0. The number of benzene rings is 1. The number of nitrogens with one attached hydrogen (secondary N) is 1. The SMILES string of the molecule is CC1CN(Cc2ccccc2)CC(CC#N)N1. The molecule has 2 rings (SSSR count). The van der Waals surface area contributed by atoms with Crippen molar-refractivity contribution in [3.63, 3.8) is 0 Å². The van der Waals surface area contributed by atoms with Gasteiger partial charge in [-0.1, -0.05) is 30.3 Å². The smallest absolute Gasteiger partial charge is 0.0638 e. The maximum Gasteiger partial charge on any atom is 0.0638 e. The van der Waals surface area contributed by atoms with Gasteiger partial charge >= 0.3 is 0 Å². The first-order valence-electron chi connectivity index (χ1n) is 6.17. The number of nitrogens with zero attached hydrogens (tertiary/aromatic N) is 2. The second-order valence-electron chi connectivity index (χ2n) is 4.81. The molecule has 3 nitrogen and oxygen atoms in total. The summed E-state index contributed by atoms with van der Waals surface area (Å²) in [7, 11) is 0. The lowest BCUT2D eigenvalue weighted by molar-refractivity contribution is 0.161. The van der Waals surface area contributed by atoms with E-state index in [2.05, 4.69) is 47.5 Å². The third-order valence-corrected chi connectivity index (χ3v) is 3.12. The van der Waals surface area contributed by atoms with Crippen LogP contribution in [0.25, 0.3) is 0 Å². The van der Waals surface area contributed by atoms with Crippen molar-refractivity contribution in [2.75, 3.05) is 13.1 Å². The zero-order valence-electron chi connectivity index (χ0n) is 10.3. The van der Waals surface area contributed by atoms with Gasteiger partial charge < -0.3 is 5.32 Å². The molecule has 1 aliphatic rings. The molecule has 0 aliphatic carbocycles. The lowest BCUT2D eigenvalue weighted by Crippen LogP contribution is -2.54. The molecule has 1 fully saturated rings. The summed E-state index contributed by atoms with van der Waals surface area (Å²) in [4.78, 5) is 2.43. The highest BCUT2D eigenvalue weighted by Gasteiger charge is 2.23. The Labute approximate surface area is 103 Å². The van der Waals surface area contributed by atoms with Crippen LogP contribution in [0.2, 0.25) is 0 Å². The highest BCUT2D eigenvalue weighted by molar-refractivity contribution is 5.14. The van der Waals surface area contributed by atoms with Crippen LogP contribution < -0.4 is 5.32 Å². The van der Waals surface area contributed by atoms with E-state index in [4.69, 9.17) is 5.26 Å². The Morgan fingerprint density at radius 2 is 2.12 bits per heavy atom. The molecule has 1 aromatic rings. The van der Waals surface area contributed by atoms with E-state index in [1.807, 2.05) is 6.07 Å². The molecule has 0 radical (unpaired) electrons. The summed E-state index contributed by atoms with van der Waals surface area (Å²) in [5.74, 6) is 0. The summed E-state index contributed by atoms with van der Waals surface area (Å²) in [6.07, 6.45) is 0.593. The predicted molar refractivity (Wildman–Crippen MR) is 68.3 cm³/mol. The van der Waals surface area contributed by atoms with Crippen LogP contribution in [-0.4, -0.2) is 30.1 Å². The second kappa shape index (κ2) is 5.81. The maximum absolute atomic E-state index is 8.77. The van der Waals surface area contributed by atoms with Crippen molar-refractivity contribution < 1.29 is 0 Å². The summed E-state index contributed by atoms with van der Waals surface area (Å²) in [5, 5.41) is 12.2. The molecule has 0 saturated carbocycles. The van der Waals surface area contributed by atoms with Gasteiger partial charge in [0.15, 0.2) is 0 Å². The molecule has 1 aromatic carbocycles. The maximum atomic E-state index is 8.77. The Morgan fingerprint density at radius 3 is 2.82 bits per heavy atom. The van der Waals surface area contributed by atoms with E-state index in [-0.39, 0.29) is 0 Å². The van der Waals surface area contributed by atoms with Crippen LogP contribution >= 0.6 is 0 Å². The summed E-state index contributed by atoms with van der Waals surface area (Å²) in [5.41, 5.74) is 1.34. The Bertz CT molecular complexity index is 382. The predicted octanol–water partition coefficient (Wildman–Crippen LogP) is 1.76. The quantitative estimate of drug-likeness (QED) is 0.858. The van der Waals surface area contributed by atoms with E-state index in [0.717, 1.165) is 19.6 Å². The largest absolute Gasteiger partial charge is 0.308 e. The zero-order chi connectivity index (χ0) is 12.1. The van der Waals surface area contributed by atoms with E-state index in [1.165, 1.54) is 5.56 Å². The highest BCUT2D eigenvalue weighted by atomic mass is 15.2. The van der Waals surface area contributed by atoms with Gasteiger partial charge in [-0.2, -0.15) is 5.26 Å².